The van der Waals surface area contributed by atoms with Gasteiger partial charge in [-0.05, 0) is 81.4 Å². The minimum atomic E-state index is -2.73. The second-order valence-electron chi connectivity index (χ2n) is 15.3. The quantitative estimate of drug-likeness (QED) is 0.122. The van der Waals surface area contributed by atoms with Gasteiger partial charge in [-0.1, -0.05) is 158 Å². The number of hydrogen-bond donors (Lipinski definition) is 0. The lowest BCUT2D eigenvalue weighted by molar-refractivity contribution is 0.669. The lowest BCUT2D eigenvalue weighted by Crippen LogP contribution is -2.74. The van der Waals surface area contributed by atoms with Crippen molar-refractivity contribution >= 4 is 94.4 Å². The van der Waals surface area contributed by atoms with Crippen LogP contribution < -0.4 is 20.7 Å². The van der Waals surface area contributed by atoms with Gasteiger partial charge in [-0.15, -0.1) is 0 Å². The molecule has 58 heavy (non-hydrogen) atoms. The van der Waals surface area contributed by atoms with E-state index >= 15 is 0 Å². The molecule has 0 spiro atoms. The average Bonchev–Trinajstić information content (AvgIpc) is 3.94. The molecule has 0 bridgehead atoms. The molecule has 0 saturated carbocycles. The van der Waals surface area contributed by atoms with Crippen molar-refractivity contribution in [3.05, 3.63) is 218 Å². The van der Waals surface area contributed by atoms with Crippen LogP contribution in [0.25, 0.3) is 76.9 Å². The van der Waals surface area contributed by atoms with Crippen LogP contribution in [0.15, 0.2) is 223 Å². The van der Waals surface area contributed by atoms with Gasteiger partial charge in [-0.2, -0.15) is 0 Å². The van der Waals surface area contributed by atoms with E-state index in [-0.39, 0.29) is 0 Å². The fourth-order valence-electron chi connectivity index (χ4n) is 9.79. The Labute approximate surface area is 336 Å². The van der Waals surface area contributed by atoms with E-state index in [9.17, 15) is 0 Å². The zero-order valence-corrected chi connectivity index (χ0v) is 32.6. The van der Waals surface area contributed by atoms with Crippen LogP contribution in [0.1, 0.15) is 0 Å². The second-order valence-corrected chi connectivity index (χ2v) is 19.1. The van der Waals surface area contributed by atoms with Crippen molar-refractivity contribution in [3.8, 4) is 11.4 Å². The van der Waals surface area contributed by atoms with E-state index in [1.54, 1.807) is 0 Å². The van der Waals surface area contributed by atoms with Gasteiger partial charge in [0.25, 0.3) is 0 Å². The molecule has 3 nitrogen and oxygen atoms in total. The van der Waals surface area contributed by atoms with Crippen LogP contribution in [0.5, 0.6) is 0 Å². The monoisotopic (exact) mass is 756 g/mol. The Balaban J connectivity index is 1.10. The Morgan fingerprint density at radius 1 is 0.276 bits per heavy atom. The number of benzene rings is 9. The molecule has 12 rings (SSSR count). The molecule has 0 aliphatic rings. The summed E-state index contributed by atoms with van der Waals surface area (Å²) in [4.78, 5) is 0. The van der Waals surface area contributed by atoms with Crippen LogP contribution in [0.4, 0.5) is 0 Å². The minimum absolute atomic E-state index is 0.913. The van der Waals surface area contributed by atoms with Crippen LogP contribution in [0.2, 0.25) is 0 Å². The predicted molar refractivity (Wildman–Crippen MR) is 246 cm³/mol. The van der Waals surface area contributed by atoms with Gasteiger partial charge in [0.2, 0.25) is 0 Å². The third kappa shape index (κ3) is 4.73. The number of para-hydroxylation sites is 3. The molecule has 0 saturated heterocycles. The van der Waals surface area contributed by atoms with Gasteiger partial charge in [0.15, 0.2) is 8.07 Å². The van der Waals surface area contributed by atoms with Gasteiger partial charge in [0.1, 0.15) is 11.2 Å². The molecule has 0 radical (unpaired) electrons. The van der Waals surface area contributed by atoms with E-state index in [0.717, 1.165) is 33.3 Å². The molecule has 0 aliphatic carbocycles. The molecule has 0 atom stereocenters. The molecule has 4 heteroatoms. The lowest BCUT2D eigenvalue weighted by Gasteiger charge is -2.34. The highest BCUT2D eigenvalue weighted by atomic mass is 28.3. The molecule has 0 aliphatic heterocycles. The van der Waals surface area contributed by atoms with E-state index in [0.29, 0.717) is 0 Å². The highest BCUT2D eigenvalue weighted by Gasteiger charge is 2.41. The largest absolute Gasteiger partial charge is 0.456 e. The molecule has 0 fully saturated rings. The second kappa shape index (κ2) is 12.8. The van der Waals surface area contributed by atoms with Crippen molar-refractivity contribution in [2.24, 2.45) is 0 Å². The number of furan rings is 1. The first-order valence-electron chi connectivity index (χ1n) is 19.9. The van der Waals surface area contributed by atoms with Crippen LogP contribution >= 0.6 is 0 Å². The van der Waals surface area contributed by atoms with Crippen LogP contribution in [0.3, 0.4) is 0 Å². The number of hydrogen-bond acceptors (Lipinski definition) is 1. The maximum atomic E-state index is 6.37. The molecule has 9 aromatic carbocycles. The van der Waals surface area contributed by atoms with E-state index in [4.69, 9.17) is 4.42 Å². The summed E-state index contributed by atoms with van der Waals surface area (Å²) in [6.45, 7) is 0. The summed E-state index contributed by atoms with van der Waals surface area (Å²) in [6.07, 6.45) is 0. The molecule has 272 valence electrons. The number of nitrogens with zero attached hydrogens (tertiary/aromatic N) is 2. The Bertz CT molecular complexity index is 3410. The number of rotatable bonds is 6. The Hall–Kier alpha value is -7.40. The third-order valence-corrected chi connectivity index (χ3v) is 17.0. The van der Waals surface area contributed by atoms with Crippen LogP contribution in [0, 0.1) is 0 Å². The minimum Gasteiger partial charge on any atom is -0.456 e. The first-order valence-corrected chi connectivity index (χ1v) is 21.9. The van der Waals surface area contributed by atoms with E-state index < -0.39 is 8.07 Å². The highest BCUT2D eigenvalue weighted by Crippen LogP contribution is 2.40. The number of fused-ring (bicyclic) bond motifs is 9. The maximum Gasteiger partial charge on any atom is 0.179 e. The summed E-state index contributed by atoms with van der Waals surface area (Å²) < 4.78 is 11.3. The molecule has 3 aromatic heterocycles. The number of aromatic nitrogens is 2. The van der Waals surface area contributed by atoms with E-state index in [1.807, 2.05) is 6.07 Å². The molecule has 3 heterocycles. The molecular formula is C54H36N2OSi. The van der Waals surface area contributed by atoms with Gasteiger partial charge >= 0.3 is 0 Å². The van der Waals surface area contributed by atoms with E-state index in [2.05, 4.69) is 221 Å². The Kier molecular flexibility index (Phi) is 7.25. The van der Waals surface area contributed by atoms with Gasteiger partial charge in [0.05, 0.1) is 22.1 Å². The van der Waals surface area contributed by atoms with Crippen molar-refractivity contribution in [2.45, 2.75) is 0 Å². The average molecular weight is 757 g/mol. The van der Waals surface area contributed by atoms with Gasteiger partial charge < -0.3 is 13.6 Å². The zero-order chi connectivity index (χ0) is 38.2. The molecule has 0 N–H and O–H groups in total. The summed E-state index contributed by atoms with van der Waals surface area (Å²) >= 11 is 0. The maximum absolute atomic E-state index is 6.37. The van der Waals surface area contributed by atoms with Crippen molar-refractivity contribution in [1.82, 2.24) is 9.13 Å². The Morgan fingerprint density at radius 3 is 1.40 bits per heavy atom. The van der Waals surface area contributed by atoms with Crippen LogP contribution in [-0.4, -0.2) is 17.2 Å². The van der Waals surface area contributed by atoms with Crippen molar-refractivity contribution in [2.75, 3.05) is 0 Å². The highest BCUT2D eigenvalue weighted by molar-refractivity contribution is 7.19. The summed E-state index contributed by atoms with van der Waals surface area (Å²) in [5, 5.41) is 12.5. The predicted octanol–water partition coefficient (Wildman–Crippen LogP) is 11.2. The fraction of sp³-hybridized carbons (Fsp3) is 0. The normalized spacial score (nSPS) is 12.1. The smallest absolute Gasteiger partial charge is 0.179 e. The first-order chi connectivity index (χ1) is 28.8. The van der Waals surface area contributed by atoms with E-state index in [1.165, 1.54) is 64.4 Å². The standard InChI is InChI=1S/C54H36N2OSi/c1-4-18-39(19-5-1)58(40-20-6-2-7-21-40,41-22-8-3-9-23-41)42-24-16-17-37(33-42)55-49-28-13-10-25-43(49)46-34-38(31-32-51(46)55)56-50-29-14-11-26-44(50)47-36-54-48(35-52(47)56)45-27-12-15-30-53(45)57-54/h1-36H. The molecule has 0 unspecified atom stereocenters. The van der Waals surface area contributed by atoms with Gasteiger partial charge in [0, 0.05) is 43.7 Å². The third-order valence-electron chi connectivity index (χ3n) is 12.2. The molecule has 12 aromatic rings. The van der Waals surface area contributed by atoms with Crippen molar-refractivity contribution in [1.29, 1.82) is 0 Å². The molecule has 0 amide bonds. The zero-order valence-electron chi connectivity index (χ0n) is 31.6. The SMILES string of the molecule is c1ccc([Si](c2ccccc2)(c2ccccc2)c2cccc(-n3c4ccccc4c4cc(-n5c6ccccc6c6cc7oc8ccccc8c7cc65)ccc43)c2)cc1. The van der Waals surface area contributed by atoms with Gasteiger partial charge in [-0.25, -0.2) is 0 Å². The summed E-state index contributed by atoms with van der Waals surface area (Å²) in [6, 6.07) is 80.3. The Morgan fingerprint density at radius 2 is 0.759 bits per heavy atom. The molecular weight excluding hydrogens is 721 g/mol. The fourth-order valence-corrected chi connectivity index (χ4v) is 14.6. The van der Waals surface area contributed by atoms with Crippen LogP contribution in [-0.2, 0) is 0 Å². The summed E-state index contributed by atoms with van der Waals surface area (Å²) in [7, 11) is -2.73. The first kappa shape index (κ1) is 32.8. The summed E-state index contributed by atoms with van der Waals surface area (Å²) in [5.74, 6) is 0. The van der Waals surface area contributed by atoms with Gasteiger partial charge in [-0.3, -0.25) is 0 Å². The summed E-state index contributed by atoms with van der Waals surface area (Å²) in [5.41, 5.74) is 8.82. The lowest BCUT2D eigenvalue weighted by atomic mass is 10.1. The topological polar surface area (TPSA) is 23.0 Å². The van der Waals surface area contributed by atoms with Crippen molar-refractivity contribution in [3.63, 3.8) is 0 Å². The van der Waals surface area contributed by atoms with Crippen molar-refractivity contribution < 1.29 is 4.42 Å².